The number of piperazine rings is 1. The lowest BCUT2D eigenvalue weighted by molar-refractivity contribution is -0.123. The van der Waals surface area contributed by atoms with Gasteiger partial charge in [-0.1, -0.05) is 46.1 Å². The number of benzene rings is 2. The standard InChI is InChI=1S/C22H23Cl3N4O3S/c1-31-21-15(24)3-5-18-20(21)27-22(33-18)29-10-8-28(9-11-29)7-6-26-19(30)13-32-17-4-2-14(23)12-16(17)25/h2-5,12H,6-11,13H2,1H3,(H,26,30). The third-order valence-corrected chi connectivity index (χ3v) is 7.21. The smallest absolute Gasteiger partial charge is 0.257 e. The molecule has 1 amide bonds. The van der Waals surface area contributed by atoms with E-state index in [4.69, 9.17) is 49.3 Å². The normalized spacial score (nSPS) is 14.5. The minimum absolute atomic E-state index is 0.0970. The molecule has 11 heteroatoms. The highest BCUT2D eigenvalue weighted by Gasteiger charge is 2.21. The third kappa shape index (κ3) is 5.94. The Morgan fingerprint density at radius 1 is 1.12 bits per heavy atom. The van der Waals surface area contributed by atoms with Crippen molar-refractivity contribution in [2.24, 2.45) is 0 Å². The number of rotatable bonds is 8. The summed E-state index contributed by atoms with van der Waals surface area (Å²) in [4.78, 5) is 21.4. The molecule has 2 heterocycles. The summed E-state index contributed by atoms with van der Waals surface area (Å²) in [5.74, 6) is 0.858. The maximum absolute atomic E-state index is 12.1. The molecule has 33 heavy (non-hydrogen) atoms. The van der Waals surface area contributed by atoms with Gasteiger partial charge in [-0.15, -0.1) is 0 Å². The molecule has 0 aliphatic carbocycles. The second-order valence-electron chi connectivity index (χ2n) is 7.47. The van der Waals surface area contributed by atoms with Gasteiger partial charge in [0.05, 0.1) is 21.9 Å². The molecule has 0 radical (unpaired) electrons. The van der Waals surface area contributed by atoms with Gasteiger partial charge in [0.2, 0.25) is 0 Å². The summed E-state index contributed by atoms with van der Waals surface area (Å²) in [7, 11) is 1.61. The van der Waals surface area contributed by atoms with E-state index in [9.17, 15) is 4.79 Å². The fourth-order valence-corrected chi connectivity index (χ4v) is 5.27. The van der Waals surface area contributed by atoms with Crippen LogP contribution in [0.4, 0.5) is 5.13 Å². The van der Waals surface area contributed by atoms with Crippen molar-refractivity contribution in [3.8, 4) is 11.5 Å². The molecule has 3 aromatic rings. The van der Waals surface area contributed by atoms with Crippen LogP contribution < -0.4 is 19.7 Å². The number of nitrogens with zero attached hydrogens (tertiary/aromatic N) is 3. The van der Waals surface area contributed by atoms with Crippen molar-refractivity contribution in [1.82, 2.24) is 15.2 Å². The molecule has 1 fully saturated rings. The molecule has 0 spiro atoms. The highest BCUT2D eigenvalue weighted by atomic mass is 35.5. The molecule has 7 nitrogen and oxygen atoms in total. The van der Waals surface area contributed by atoms with Gasteiger partial charge in [0.1, 0.15) is 11.3 Å². The monoisotopic (exact) mass is 528 g/mol. The zero-order valence-corrected chi connectivity index (χ0v) is 21.0. The summed E-state index contributed by atoms with van der Waals surface area (Å²) in [5.41, 5.74) is 0.803. The first kappa shape index (κ1) is 24.2. The SMILES string of the molecule is COc1c(Cl)ccc2sc(N3CCN(CCNC(=O)COc4ccc(Cl)cc4Cl)CC3)nc12. The summed E-state index contributed by atoms with van der Waals surface area (Å²) in [6.07, 6.45) is 0. The van der Waals surface area contributed by atoms with Gasteiger partial charge < -0.3 is 19.7 Å². The molecule has 0 unspecified atom stereocenters. The van der Waals surface area contributed by atoms with Crippen molar-refractivity contribution >= 4 is 67.4 Å². The molecule has 1 N–H and O–H groups in total. The Labute approximate surface area is 211 Å². The van der Waals surface area contributed by atoms with E-state index < -0.39 is 0 Å². The summed E-state index contributed by atoms with van der Waals surface area (Å²) in [5, 5.41) is 5.31. The van der Waals surface area contributed by atoms with E-state index in [1.807, 2.05) is 12.1 Å². The Morgan fingerprint density at radius 3 is 2.64 bits per heavy atom. The molecule has 2 aromatic carbocycles. The van der Waals surface area contributed by atoms with Crippen LogP contribution in [0.2, 0.25) is 15.1 Å². The number of amides is 1. The predicted molar refractivity (Wildman–Crippen MR) is 135 cm³/mol. The lowest BCUT2D eigenvalue weighted by Crippen LogP contribution is -2.48. The quantitative estimate of drug-likeness (QED) is 0.461. The van der Waals surface area contributed by atoms with E-state index in [0.29, 0.717) is 33.1 Å². The molecule has 1 aliphatic rings. The number of carbonyl (C=O) groups excluding carboxylic acids is 1. The van der Waals surface area contributed by atoms with Crippen LogP contribution in [0.1, 0.15) is 0 Å². The van der Waals surface area contributed by atoms with Gasteiger partial charge in [0, 0.05) is 44.3 Å². The van der Waals surface area contributed by atoms with Crippen molar-refractivity contribution in [3.05, 3.63) is 45.4 Å². The Kier molecular flexibility index (Phi) is 8.03. The molecule has 0 bridgehead atoms. The summed E-state index contributed by atoms with van der Waals surface area (Å²) < 4.78 is 11.9. The average Bonchev–Trinajstić information content (AvgIpc) is 3.23. The first-order chi connectivity index (χ1) is 15.9. The zero-order chi connectivity index (χ0) is 23.4. The molecule has 4 rings (SSSR count). The number of halogens is 3. The lowest BCUT2D eigenvalue weighted by Gasteiger charge is -2.34. The Balaban J connectivity index is 1.20. The first-order valence-corrected chi connectivity index (χ1v) is 12.3. The number of methoxy groups -OCH3 is 1. The second kappa shape index (κ2) is 11.0. The summed E-state index contributed by atoms with van der Waals surface area (Å²) in [6, 6.07) is 8.71. The fraction of sp³-hybridized carbons (Fsp3) is 0.364. The number of anilines is 1. The minimum Gasteiger partial charge on any atom is -0.493 e. The first-order valence-electron chi connectivity index (χ1n) is 10.4. The number of nitrogens with one attached hydrogen (secondary N) is 1. The van der Waals surface area contributed by atoms with Crippen molar-refractivity contribution in [3.63, 3.8) is 0 Å². The largest absolute Gasteiger partial charge is 0.493 e. The van der Waals surface area contributed by atoms with Crippen LogP contribution in [-0.4, -0.2) is 68.8 Å². The Hall–Kier alpha value is -1.97. The number of thiazole rings is 1. The van der Waals surface area contributed by atoms with Gasteiger partial charge in [-0.05, 0) is 30.3 Å². The van der Waals surface area contributed by atoms with E-state index in [0.717, 1.165) is 48.1 Å². The molecule has 1 aliphatic heterocycles. The van der Waals surface area contributed by atoms with Crippen LogP contribution in [0, 0.1) is 0 Å². The predicted octanol–water partition coefficient (Wildman–Crippen LogP) is 4.58. The lowest BCUT2D eigenvalue weighted by atomic mass is 10.3. The molecular weight excluding hydrogens is 507 g/mol. The molecular formula is C22H23Cl3N4O3S. The van der Waals surface area contributed by atoms with Gasteiger partial charge in [-0.25, -0.2) is 4.98 Å². The molecule has 1 saturated heterocycles. The fourth-order valence-electron chi connectivity index (χ4n) is 3.57. The third-order valence-electron chi connectivity index (χ3n) is 5.30. The second-order valence-corrected chi connectivity index (χ2v) is 9.73. The van der Waals surface area contributed by atoms with E-state index >= 15 is 0 Å². The van der Waals surface area contributed by atoms with Crippen molar-refractivity contribution < 1.29 is 14.3 Å². The maximum Gasteiger partial charge on any atom is 0.257 e. The van der Waals surface area contributed by atoms with Gasteiger partial charge >= 0.3 is 0 Å². The van der Waals surface area contributed by atoms with Crippen LogP contribution >= 0.6 is 46.1 Å². The van der Waals surface area contributed by atoms with Crippen LogP contribution in [-0.2, 0) is 4.79 Å². The maximum atomic E-state index is 12.1. The van der Waals surface area contributed by atoms with Crippen LogP contribution in [0.25, 0.3) is 10.2 Å². The highest BCUT2D eigenvalue weighted by Crippen LogP contribution is 2.38. The Bertz CT molecular complexity index is 1140. The minimum atomic E-state index is -0.193. The van der Waals surface area contributed by atoms with Crippen LogP contribution in [0.15, 0.2) is 30.3 Å². The number of ether oxygens (including phenoxy) is 2. The van der Waals surface area contributed by atoms with E-state index in [2.05, 4.69) is 15.1 Å². The van der Waals surface area contributed by atoms with Crippen LogP contribution in [0.5, 0.6) is 11.5 Å². The van der Waals surface area contributed by atoms with Crippen molar-refractivity contribution in [1.29, 1.82) is 0 Å². The van der Waals surface area contributed by atoms with Crippen molar-refractivity contribution in [2.75, 3.05) is 57.9 Å². The molecule has 0 atom stereocenters. The van der Waals surface area contributed by atoms with Gasteiger partial charge in [-0.2, -0.15) is 0 Å². The molecule has 1 aromatic heterocycles. The van der Waals surface area contributed by atoms with Gasteiger partial charge in [0.15, 0.2) is 17.5 Å². The van der Waals surface area contributed by atoms with E-state index in [1.54, 1.807) is 36.6 Å². The number of fused-ring (bicyclic) bond motifs is 1. The molecule has 0 saturated carbocycles. The highest BCUT2D eigenvalue weighted by molar-refractivity contribution is 7.22. The summed E-state index contributed by atoms with van der Waals surface area (Å²) >= 11 is 19.8. The number of hydrogen-bond donors (Lipinski definition) is 1. The summed E-state index contributed by atoms with van der Waals surface area (Å²) in [6.45, 7) is 4.73. The Morgan fingerprint density at radius 2 is 1.91 bits per heavy atom. The van der Waals surface area contributed by atoms with Gasteiger partial charge in [0.25, 0.3) is 5.91 Å². The zero-order valence-electron chi connectivity index (χ0n) is 17.9. The van der Waals surface area contributed by atoms with E-state index in [-0.39, 0.29) is 12.5 Å². The average molecular weight is 530 g/mol. The number of carbonyl (C=O) groups is 1. The number of hydrogen-bond acceptors (Lipinski definition) is 7. The van der Waals surface area contributed by atoms with Gasteiger partial charge in [-0.3, -0.25) is 9.69 Å². The topological polar surface area (TPSA) is 66.9 Å². The van der Waals surface area contributed by atoms with E-state index in [1.165, 1.54) is 0 Å². The van der Waals surface area contributed by atoms with Crippen molar-refractivity contribution in [2.45, 2.75) is 0 Å². The van der Waals surface area contributed by atoms with Crippen LogP contribution in [0.3, 0.4) is 0 Å². The number of aromatic nitrogens is 1. The molecule has 176 valence electrons.